The molecule has 1 amide bonds. The fraction of sp³-hybridized carbons (Fsp3) is 0.360. The van der Waals surface area contributed by atoms with Crippen LogP contribution in [0.5, 0.6) is 5.75 Å². The zero-order valence-corrected chi connectivity index (χ0v) is 20.5. The molecule has 1 aliphatic rings. The van der Waals surface area contributed by atoms with Gasteiger partial charge in [-0.25, -0.2) is 14.4 Å². The van der Waals surface area contributed by atoms with Crippen molar-refractivity contribution in [1.82, 2.24) is 14.9 Å². The fourth-order valence-electron chi connectivity index (χ4n) is 3.93. The quantitative estimate of drug-likeness (QED) is 0.301. The first-order chi connectivity index (χ1) is 18.0. The predicted molar refractivity (Wildman–Crippen MR) is 138 cm³/mol. The van der Waals surface area contributed by atoms with E-state index in [1.165, 1.54) is 30.7 Å². The smallest absolute Gasteiger partial charge is 0.229 e. The van der Waals surface area contributed by atoms with Crippen LogP contribution in [0, 0.1) is 5.82 Å². The summed E-state index contributed by atoms with van der Waals surface area (Å²) in [6.07, 6.45) is 3.52. The second-order valence-corrected chi connectivity index (χ2v) is 8.48. The maximum absolute atomic E-state index is 13.5. The Bertz CT molecular complexity index is 1270. The molecule has 0 radical (unpaired) electrons. The molecule has 37 heavy (non-hydrogen) atoms. The summed E-state index contributed by atoms with van der Waals surface area (Å²) in [7, 11) is 0. The van der Waals surface area contributed by atoms with Crippen molar-refractivity contribution in [2.75, 3.05) is 43.5 Å². The molecule has 4 rings (SSSR count). The molecule has 11 nitrogen and oxygen atoms in total. The highest BCUT2D eigenvalue weighted by molar-refractivity contribution is 5.97. The lowest BCUT2D eigenvalue weighted by molar-refractivity contribution is -0.116. The highest BCUT2D eigenvalue weighted by Crippen LogP contribution is 2.29. The topological polar surface area (TPSA) is 137 Å². The van der Waals surface area contributed by atoms with Gasteiger partial charge in [-0.1, -0.05) is 13.0 Å². The van der Waals surface area contributed by atoms with Gasteiger partial charge in [0.25, 0.3) is 0 Å². The molecule has 1 atom stereocenters. The highest BCUT2D eigenvalue weighted by atomic mass is 19.1. The van der Waals surface area contributed by atoms with Gasteiger partial charge >= 0.3 is 0 Å². The molecule has 0 saturated carbocycles. The monoisotopic (exact) mass is 508 g/mol. The molecular formula is C25H29FN8O3. The minimum Gasteiger partial charge on any atom is -0.493 e. The molecule has 0 saturated heterocycles. The van der Waals surface area contributed by atoms with E-state index in [9.17, 15) is 9.18 Å². The van der Waals surface area contributed by atoms with E-state index < -0.39 is 17.4 Å². The number of benzene rings is 2. The Morgan fingerprint density at radius 2 is 2.08 bits per heavy atom. The summed E-state index contributed by atoms with van der Waals surface area (Å²) in [5.74, 6) is 0.270. The normalized spacial score (nSPS) is 16.4. The number of rotatable bonds is 13. The molecule has 0 aliphatic carbocycles. The SMILES string of the molecule is CCN(CCO)CCCOc1ccc2c(NC3(CC(=O)Nc4cccc(F)c4)C=NN=N3)ncnc2c1. The minimum atomic E-state index is -1.26. The number of aliphatic hydroxyl groups is 1. The first kappa shape index (κ1) is 26.0. The summed E-state index contributed by atoms with van der Waals surface area (Å²) in [5.41, 5.74) is -0.271. The number of aliphatic hydroxyl groups excluding tert-OH is 1. The van der Waals surface area contributed by atoms with Gasteiger partial charge < -0.3 is 25.4 Å². The summed E-state index contributed by atoms with van der Waals surface area (Å²) >= 11 is 0. The molecule has 3 N–H and O–H groups in total. The fourth-order valence-corrected chi connectivity index (χ4v) is 3.93. The van der Waals surface area contributed by atoms with Crippen molar-refractivity contribution < 1.29 is 19.0 Å². The summed E-state index contributed by atoms with van der Waals surface area (Å²) in [4.78, 5) is 23.5. The number of nitrogens with zero attached hydrogens (tertiary/aromatic N) is 6. The lowest BCUT2D eigenvalue weighted by Crippen LogP contribution is -2.40. The van der Waals surface area contributed by atoms with Crippen molar-refractivity contribution in [2.24, 2.45) is 15.4 Å². The van der Waals surface area contributed by atoms with Crippen LogP contribution in [-0.2, 0) is 4.79 Å². The largest absolute Gasteiger partial charge is 0.493 e. The number of halogens is 1. The maximum atomic E-state index is 13.5. The van der Waals surface area contributed by atoms with Crippen LogP contribution in [-0.4, -0.2) is 70.6 Å². The molecule has 194 valence electrons. The molecule has 2 aromatic carbocycles. The first-order valence-electron chi connectivity index (χ1n) is 12.0. The molecular weight excluding hydrogens is 479 g/mol. The van der Waals surface area contributed by atoms with E-state index in [1.807, 2.05) is 18.2 Å². The van der Waals surface area contributed by atoms with Gasteiger partial charge in [0, 0.05) is 30.2 Å². The van der Waals surface area contributed by atoms with Gasteiger partial charge in [0.1, 0.15) is 23.7 Å². The second-order valence-electron chi connectivity index (χ2n) is 8.48. The Kier molecular flexibility index (Phi) is 8.64. The molecule has 2 heterocycles. The van der Waals surface area contributed by atoms with Crippen LogP contribution < -0.4 is 15.4 Å². The average molecular weight is 509 g/mol. The van der Waals surface area contributed by atoms with Gasteiger partial charge in [-0.2, -0.15) is 0 Å². The van der Waals surface area contributed by atoms with Crippen LogP contribution in [0.1, 0.15) is 19.8 Å². The molecule has 3 aromatic rings. The Balaban J connectivity index is 1.42. The van der Waals surface area contributed by atoms with E-state index in [0.717, 1.165) is 19.5 Å². The number of hydrogen-bond donors (Lipinski definition) is 3. The third-order valence-electron chi connectivity index (χ3n) is 5.78. The van der Waals surface area contributed by atoms with Crippen molar-refractivity contribution in [3.8, 4) is 5.75 Å². The molecule has 0 spiro atoms. The van der Waals surface area contributed by atoms with Crippen LogP contribution in [0.15, 0.2) is 64.2 Å². The number of fused-ring (bicyclic) bond motifs is 1. The van der Waals surface area contributed by atoms with Gasteiger partial charge in [-0.15, -0.1) is 10.2 Å². The van der Waals surface area contributed by atoms with Crippen molar-refractivity contribution in [3.05, 3.63) is 54.6 Å². The summed E-state index contributed by atoms with van der Waals surface area (Å²) in [6.45, 7) is 5.10. The Morgan fingerprint density at radius 3 is 2.84 bits per heavy atom. The van der Waals surface area contributed by atoms with E-state index in [4.69, 9.17) is 9.84 Å². The Hall–Kier alpha value is -4.03. The molecule has 0 fully saturated rings. The molecule has 1 aliphatic heterocycles. The predicted octanol–water partition coefficient (Wildman–Crippen LogP) is 3.44. The third kappa shape index (κ3) is 7.02. The van der Waals surface area contributed by atoms with Crippen LogP contribution in [0.25, 0.3) is 10.9 Å². The van der Waals surface area contributed by atoms with Crippen LogP contribution in [0.2, 0.25) is 0 Å². The number of carbonyl (C=O) groups excluding carboxylic acids is 1. The zero-order valence-electron chi connectivity index (χ0n) is 20.5. The highest BCUT2D eigenvalue weighted by Gasteiger charge is 2.35. The number of aromatic nitrogens is 2. The van der Waals surface area contributed by atoms with Crippen molar-refractivity contribution >= 4 is 34.5 Å². The van der Waals surface area contributed by atoms with Crippen molar-refractivity contribution in [2.45, 2.75) is 25.4 Å². The molecule has 1 unspecified atom stereocenters. The van der Waals surface area contributed by atoms with E-state index in [-0.39, 0.29) is 13.0 Å². The maximum Gasteiger partial charge on any atom is 0.229 e. The van der Waals surface area contributed by atoms with Crippen LogP contribution in [0.4, 0.5) is 15.9 Å². The summed E-state index contributed by atoms with van der Waals surface area (Å²) in [6, 6.07) is 11.1. The zero-order chi connectivity index (χ0) is 26.1. The summed E-state index contributed by atoms with van der Waals surface area (Å²) in [5, 5.41) is 27.3. The summed E-state index contributed by atoms with van der Waals surface area (Å²) < 4.78 is 19.4. The first-order valence-corrected chi connectivity index (χ1v) is 12.0. The van der Waals surface area contributed by atoms with Crippen molar-refractivity contribution in [1.29, 1.82) is 0 Å². The minimum absolute atomic E-state index is 0.141. The average Bonchev–Trinajstić information content (AvgIpc) is 3.33. The Morgan fingerprint density at radius 1 is 1.19 bits per heavy atom. The lowest BCUT2D eigenvalue weighted by atomic mass is 10.1. The van der Waals surface area contributed by atoms with Gasteiger partial charge in [0.15, 0.2) is 5.66 Å². The van der Waals surface area contributed by atoms with Gasteiger partial charge in [-0.05, 0) is 48.5 Å². The van der Waals surface area contributed by atoms with E-state index >= 15 is 0 Å². The second kappa shape index (κ2) is 12.3. The standard InChI is InChI=1S/C25H29FN8O3/c1-2-34(10-11-35)9-4-12-37-20-7-8-21-22(14-20)27-17-28-24(21)31-25(16-29-33-32-25)15-23(36)30-19-6-3-5-18(26)13-19/h3,5-8,13-14,16-17,35H,2,4,9-12,15H2,1H3,(H,30,36)(H,27,28,31). The number of amides is 1. The number of nitrogens with one attached hydrogen (secondary N) is 2. The number of carbonyl (C=O) groups is 1. The third-order valence-corrected chi connectivity index (χ3v) is 5.78. The number of anilines is 2. The van der Waals surface area contributed by atoms with Crippen LogP contribution >= 0.6 is 0 Å². The van der Waals surface area contributed by atoms with Crippen molar-refractivity contribution in [3.63, 3.8) is 0 Å². The van der Waals surface area contributed by atoms with E-state index in [2.05, 4.69) is 47.9 Å². The number of hydrogen-bond acceptors (Lipinski definition) is 10. The van der Waals surface area contributed by atoms with E-state index in [0.29, 0.717) is 41.3 Å². The number of likely N-dealkylation sites (N-methyl/N-ethyl adjacent to an activating group) is 1. The van der Waals surface area contributed by atoms with Crippen LogP contribution in [0.3, 0.4) is 0 Å². The molecule has 0 bridgehead atoms. The molecule has 1 aromatic heterocycles. The van der Waals surface area contributed by atoms with Gasteiger partial charge in [0.05, 0.1) is 31.4 Å². The molecule has 12 heteroatoms. The van der Waals surface area contributed by atoms with Gasteiger partial charge in [0.2, 0.25) is 5.91 Å². The number of ether oxygens (including phenoxy) is 1. The van der Waals surface area contributed by atoms with Gasteiger partial charge in [-0.3, -0.25) is 4.79 Å². The lowest BCUT2D eigenvalue weighted by Gasteiger charge is -2.23. The van der Waals surface area contributed by atoms with E-state index in [1.54, 1.807) is 6.07 Å². The Labute approximate surface area is 213 Å².